The standard InChI is InChI=1S/C19H25N2O4P/c1-13-5-7-16(14(2)21-13)20-12-19(26(23)10-4-9-25-26)15-6-8-17(22)18(11-15)24-3/h5-8,11,19-20,22H,4,9-10,12H2,1-3H3. The molecule has 2 unspecified atom stereocenters. The fraction of sp³-hybridized carbons (Fsp3) is 0.421. The van der Waals surface area contributed by atoms with Crippen molar-refractivity contribution in [1.29, 1.82) is 0 Å². The molecule has 6 nitrogen and oxygen atoms in total. The van der Waals surface area contributed by atoms with Crippen LogP contribution in [0.3, 0.4) is 0 Å². The summed E-state index contributed by atoms with van der Waals surface area (Å²) in [5, 5.41) is 13.2. The highest BCUT2D eigenvalue weighted by Crippen LogP contribution is 2.63. The number of phenols is 1. The lowest BCUT2D eigenvalue weighted by molar-refractivity contribution is 0.344. The Morgan fingerprint density at radius 3 is 2.81 bits per heavy atom. The number of aromatic hydroxyl groups is 1. The highest BCUT2D eigenvalue weighted by atomic mass is 31.2. The molecule has 26 heavy (non-hydrogen) atoms. The molecule has 0 saturated carbocycles. The first-order chi connectivity index (χ1) is 12.4. The molecule has 1 aromatic carbocycles. The number of benzene rings is 1. The van der Waals surface area contributed by atoms with Crippen molar-refractivity contribution in [2.75, 3.05) is 31.7 Å². The molecule has 1 fully saturated rings. The normalized spacial score (nSPS) is 20.7. The Labute approximate surface area is 154 Å². The number of hydrogen-bond acceptors (Lipinski definition) is 6. The van der Waals surface area contributed by atoms with Crippen LogP contribution in [0.5, 0.6) is 11.5 Å². The van der Waals surface area contributed by atoms with Crippen LogP contribution in [-0.4, -0.2) is 36.5 Å². The molecule has 140 valence electrons. The van der Waals surface area contributed by atoms with Crippen molar-refractivity contribution in [3.05, 3.63) is 47.3 Å². The van der Waals surface area contributed by atoms with Crippen molar-refractivity contribution in [1.82, 2.24) is 4.98 Å². The summed E-state index contributed by atoms with van der Waals surface area (Å²) >= 11 is 0. The van der Waals surface area contributed by atoms with Gasteiger partial charge in [0, 0.05) is 18.4 Å². The van der Waals surface area contributed by atoms with E-state index in [1.165, 1.54) is 7.11 Å². The Hall–Kier alpha value is -2.04. The summed E-state index contributed by atoms with van der Waals surface area (Å²) in [6.45, 7) is 4.87. The van der Waals surface area contributed by atoms with E-state index in [1.807, 2.05) is 26.0 Å². The fourth-order valence-electron chi connectivity index (χ4n) is 3.28. The zero-order valence-corrected chi connectivity index (χ0v) is 16.3. The number of phenolic OH excluding ortho intramolecular Hbond substituents is 1. The van der Waals surface area contributed by atoms with Gasteiger partial charge < -0.3 is 19.7 Å². The highest BCUT2D eigenvalue weighted by molar-refractivity contribution is 7.59. The second kappa shape index (κ2) is 7.68. The van der Waals surface area contributed by atoms with E-state index in [1.54, 1.807) is 18.2 Å². The number of hydrogen-bond donors (Lipinski definition) is 2. The average molecular weight is 376 g/mol. The first-order valence-electron chi connectivity index (χ1n) is 8.71. The molecule has 1 aromatic heterocycles. The predicted octanol–water partition coefficient (Wildman–Crippen LogP) is 4.26. The van der Waals surface area contributed by atoms with Gasteiger partial charge in [0.1, 0.15) is 0 Å². The van der Waals surface area contributed by atoms with Crippen LogP contribution in [0.2, 0.25) is 0 Å². The molecule has 7 heteroatoms. The minimum atomic E-state index is -2.83. The van der Waals surface area contributed by atoms with Gasteiger partial charge in [-0.1, -0.05) is 6.07 Å². The Morgan fingerprint density at radius 2 is 2.15 bits per heavy atom. The van der Waals surface area contributed by atoms with Crippen molar-refractivity contribution in [3.63, 3.8) is 0 Å². The minimum absolute atomic E-state index is 0.0622. The summed E-state index contributed by atoms with van der Waals surface area (Å²) in [7, 11) is -1.33. The number of nitrogens with one attached hydrogen (secondary N) is 1. The zero-order valence-electron chi connectivity index (χ0n) is 15.4. The van der Waals surface area contributed by atoms with Crippen LogP contribution in [0.25, 0.3) is 0 Å². The predicted molar refractivity (Wildman–Crippen MR) is 103 cm³/mol. The molecule has 0 bridgehead atoms. The molecule has 2 heterocycles. The van der Waals surface area contributed by atoms with Crippen molar-refractivity contribution in [2.24, 2.45) is 0 Å². The largest absolute Gasteiger partial charge is 0.504 e. The van der Waals surface area contributed by atoms with Crippen molar-refractivity contribution in [2.45, 2.75) is 25.9 Å². The Balaban J connectivity index is 1.90. The van der Waals surface area contributed by atoms with E-state index in [0.29, 0.717) is 25.1 Å². The van der Waals surface area contributed by atoms with Crippen LogP contribution in [0.15, 0.2) is 30.3 Å². The van der Waals surface area contributed by atoms with Crippen LogP contribution in [0.4, 0.5) is 5.69 Å². The van der Waals surface area contributed by atoms with Gasteiger partial charge in [-0.05, 0) is 50.1 Å². The number of anilines is 1. The van der Waals surface area contributed by atoms with Crippen LogP contribution in [-0.2, 0) is 9.09 Å². The van der Waals surface area contributed by atoms with Crippen LogP contribution in [0.1, 0.15) is 29.0 Å². The minimum Gasteiger partial charge on any atom is -0.504 e. The highest BCUT2D eigenvalue weighted by Gasteiger charge is 2.38. The van der Waals surface area contributed by atoms with E-state index in [9.17, 15) is 9.67 Å². The third-order valence-electron chi connectivity index (χ3n) is 4.70. The zero-order chi connectivity index (χ0) is 18.7. The Bertz CT molecular complexity index is 830. The van der Waals surface area contributed by atoms with Crippen LogP contribution in [0, 0.1) is 13.8 Å². The third kappa shape index (κ3) is 3.87. The lowest BCUT2D eigenvalue weighted by Crippen LogP contribution is -2.15. The third-order valence-corrected chi connectivity index (χ3v) is 7.69. The van der Waals surface area contributed by atoms with Crippen molar-refractivity contribution < 1.29 is 18.9 Å². The van der Waals surface area contributed by atoms with E-state index in [4.69, 9.17) is 9.26 Å². The summed E-state index contributed by atoms with van der Waals surface area (Å²) in [5.74, 6) is 0.429. The maximum atomic E-state index is 13.4. The van der Waals surface area contributed by atoms with Gasteiger partial charge in [0.2, 0.25) is 7.37 Å². The number of ether oxygens (including phenoxy) is 1. The number of aromatic nitrogens is 1. The molecule has 3 rings (SSSR count). The SMILES string of the molecule is COc1cc(C(CNc2ccc(C)nc2C)P2(=O)CCCO2)ccc1O. The lowest BCUT2D eigenvalue weighted by Gasteiger charge is -2.25. The lowest BCUT2D eigenvalue weighted by atomic mass is 10.1. The quantitative estimate of drug-likeness (QED) is 0.733. The molecule has 2 N–H and O–H groups in total. The first kappa shape index (κ1) is 18.7. The van der Waals surface area contributed by atoms with Crippen LogP contribution >= 0.6 is 7.37 Å². The van der Waals surface area contributed by atoms with Gasteiger partial charge >= 0.3 is 0 Å². The topological polar surface area (TPSA) is 80.7 Å². The summed E-state index contributed by atoms with van der Waals surface area (Å²) in [5.41, 5.74) is 3.28. The van der Waals surface area contributed by atoms with Gasteiger partial charge in [0.05, 0.1) is 30.8 Å². The van der Waals surface area contributed by atoms with Gasteiger partial charge in [0.15, 0.2) is 11.5 Å². The summed E-state index contributed by atoms with van der Waals surface area (Å²) in [4.78, 5) is 4.46. The number of methoxy groups -OCH3 is 1. The molecular weight excluding hydrogens is 351 g/mol. The first-order valence-corrected chi connectivity index (χ1v) is 10.6. The number of aryl methyl sites for hydroxylation is 2. The van der Waals surface area contributed by atoms with E-state index in [2.05, 4.69) is 10.3 Å². The fourth-order valence-corrected chi connectivity index (χ4v) is 5.89. The molecule has 1 saturated heterocycles. The monoisotopic (exact) mass is 376 g/mol. The van der Waals surface area contributed by atoms with Crippen LogP contribution < -0.4 is 10.1 Å². The smallest absolute Gasteiger partial charge is 0.212 e. The maximum Gasteiger partial charge on any atom is 0.212 e. The summed E-state index contributed by atoms with van der Waals surface area (Å²) in [6, 6.07) is 9.02. The summed E-state index contributed by atoms with van der Waals surface area (Å²) in [6.07, 6.45) is 1.36. The number of nitrogens with zero attached hydrogens (tertiary/aromatic N) is 1. The Kier molecular flexibility index (Phi) is 5.54. The van der Waals surface area contributed by atoms with Gasteiger partial charge in [-0.3, -0.25) is 9.55 Å². The second-order valence-electron chi connectivity index (χ2n) is 6.55. The van der Waals surface area contributed by atoms with Gasteiger partial charge in [-0.15, -0.1) is 0 Å². The van der Waals surface area contributed by atoms with Crippen molar-refractivity contribution >= 4 is 13.1 Å². The molecule has 0 aliphatic carbocycles. The maximum absolute atomic E-state index is 13.4. The average Bonchev–Trinajstić information content (AvgIpc) is 3.05. The van der Waals surface area contributed by atoms with E-state index < -0.39 is 7.37 Å². The molecule has 1 aliphatic heterocycles. The molecule has 2 aromatic rings. The number of rotatable bonds is 6. The molecular formula is C19H25N2O4P. The second-order valence-corrected chi connectivity index (χ2v) is 9.33. The molecule has 0 spiro atoms. The molecule has 0 amide bonds. The van der Waals surface area contributed by atoms with Gasteiger partial charge in [-0.2, -0.15) is 0 Å². The van der Waals surface area contributed by atoms with Gasteiger partial charge in [-0.25, -0.2) is 0 Å². The van der Waals surface area contributed by atoms with E-state index in [0.717, 1.165) is 29.1 Å². The molecule has 0 radical (unpaired) electrons. The van der Waals surface area contributed by atoms with Gasteiger partial charge in [0.25, 0.3) is 0 Å². The molecule has 2 atom stereocenters. The Morgan fingerprint density at radius 1 is 1.35 bits per heavy atom. The van der Waals surface area contributed by atoms with E-state index >= 15 is 0 Å². The summed E-state index contributed by atoms with van der Waals surface area (Å²) < 4.78 is 24.3. The van der Waals surface area contributed by atoms with Crippen molar-refractivity contribution in [3.8, 4) is 11.5 Å². The van der Waals surface area contributed by atoms with E-state index in [-0.39, 0.29) is 11.4 Å². The number of pyridine rings is 1. The molecule has 1 aliphatic rings.